The van der Waals surface area contributed by atoms with Crippen molar-refractivity contribution in [3.63, 3.8) is 0 Å². The molecule has 2 aromatic rings. The average molecular weight is 285 g/mol. The minimum Gasteiger partial charge on any atom is -0.361 e. The number of hydrazone groups is 1. The van der Waals surface area contributed by atoms with Gasteiger partial charge in [-0.15, -0.1) is 0 Å². The zero-order valence-corrected chi connectivity index (χ0v) is 12.9. The highest BCUT2D eigenvalue weighted by molar-refractivity contribution is 5.86. The second kappa shape index (κ2) is 7.07. The highest BCUT2D eigenvalue weighted by atomic mass is 16.2. The molecule has 0 fully saturated rings. The molecule has 2 N–H and O–H groups in total. The van der Waals surface area contributed by atoms with Gasteiger partial charge < -0.3 is 4.98 Å². The zero-order valence-electron chi connectivity index (χ0n) is 12.9. The molecule has 0 aliphatic rings. The van der Waals surface area contributed by atoms with Crippen LogP contribution < -0.4 is 5.43 Å². The first-order chi connectivity index (χ1) is 10.1. The maximum Gasteiger partial charge on any atom is 0.240 e. The number of aromatic amines is 1. The summed E-state index contributed by atoms with van der Waals surface area (Å²) in [4.78, 5) is 15.1. The Balaban J connectivity index is 1.87. The molecule has 112 valence electrons. The molecule has 4 heteroatoms. The number of nitrogens with zero attached hydrogens (tertiary/aromatic N) is 1. The van der Waals surface area contributed by atoms with Crippen molar-refractivity contribution in [1.82, 2.24) is 10.4 Å². The molecular weight excluding hydrogens is 262 g/mol. The number of hydrogen-bond donors (Lipinski definition) is 2. The molecule has 0 radical (unpaired) electrons. The quantitative estimate of drug-likeness (QED) is 0.618. The highest BCUT2D eigenvalue weighted by Crippen LogP contribution is 2.18. The van der Waals surface area contributed by atoms with E-state index in [1.165, 1.54) is 10.9 Å². The fraction of sp³-hybridized carbons (Fsp3) is 0.412. The van der Waals surface area contributed by atoms with Crippen LogP contribution >= 0.6 is 0 Å². The summed E-state index contributed by atoms with van der Waals surface area (Å²) in [7, 11) is 0. The van der Waals surface area contributed by atoms with Crippen molar-refractivity contribution in [1.29, 1.82) is 0 Å². The zero-order chi connectivity index (χ0) is 15.2. The van der Waals surface area contributed by atoms with Gasteiger partial charge in [0.05, 0.1) is 0 Å². The second-order valence-electron chi connectivity index (χ2n) is 5.84. The number of fused-ring (bicyclic) bond motifs is 1. The highest BCUT2D eigenvalue weighted by Gasteiger charge is 2.06. The van der Waals surface area contributed by atoms with Crippen LogP contribution in [0, 0.1) is 5.92 Å². The summed E-state index contributed by atoms with van der Waals surface area (Å²) >= 11 is 0. The van der Waals surface area contributed by atoms with Gasteiger partial charge >= 0.3 is 0 Å². The van der Waals surface area contributed by atoms with Crippen LogP contribution in [0.25, 0.3) is 10.9 Å². The second-order valence-corrected chi connectivity index (χ2v) is 5.84. The Labute approximate surface area is 125 Å². The van der Waals surface area contributed by atoms with Gasteiger partial charge in [0.2, 0.25) is 5.91 Å². The molecule has 0 bridgehead atoms. The third-order valence-electron chi connectivity index (χ3n) is 3.37. The Morgan fingerprint density at radius 2 is 2.10 bits per heavy atom. The molecule has 21 heavy (non-hydrogen) atoms. The number of carbonyl (C=O) groups excluding carboxylic acids is 1. The fourth-order valence-corrected chi connectivity index (χ4v) is 2.44. The van der Waals surface area contributed by atoms with E-state index in [4.69, 9.17) is 0 Å². The summed E-state index contributed by atoms with van der Waals surface area (Å²) < 4.78 is 0. The Morgan fingerprint density at radius 1 is 1.33 bits per heavy atom. The van der Waals surface area contributed by atoms with Crippen molar-refractivity contribution >= 4 is 22.5 Å². The van der Waals surface area contributed by atoms with E-state index in [2.05, 4.69) is 35.4 Å². The van der Waals surface area contributed by atoms with Crippen molar-refractivity contribution < 1.29 is 4.79 Å². The molecule has 0 atom stereocenters. The van der Waals surface area contributed by atoms with E-state index < -0.39 is 0 Å². The molecule has 0 aliphatic heterocycles. The number of nitrogens with one attached hydrogen (secondary N) is 2. The summed E-state index contributed by atoms with van der Waals surface area (Å²) in [5, 5.41) is 5.32. The summed E-state index contributed by atoms with van der Waals surface area (Å²) in [6.07, 6.45) is 4.04. The van der Waals surface area contributed by atoms with Gasteiger partial charge in [0.25, 0.3) is 0 Å². The van der Waals surface area contributed by atoms with Gasteiger partial charge in [0.15, 0.2) is 0 Å². The number of hydrogen-bond acceptors (Lipinski definition) is 2. The van der Waals surface area contributed by atoms with Gasteiger partial charge in [-0.25, -0.2) is 5.43 Å². The predicted molar refractivity (Wildman–Crippen MR) is 87.3 cm³/mol. The lowest BCUT2D eigenvalue weighted by Gasteiger charge is -2.05. The number of aryl methyl sites for hydroxylation is 1. The normalized spacial score (nSPS) is 12.1. The van der Waals surface area contributed by atoms with Crippen molar-refractivity contribution in [2.24, 2.45) is 11.0 Å². The third-order valence-corrected chi connectivity index (χ3v) is 3.37. The predicted octanol–water partition coefficient (Wildman–Crippen LogP) is 3.64. The standard InChI is InChI=1S/C17H23N3O/c1-12(2)10-13(3)19-20-17(21)9-8-14-11-18-16-7-5-4-6-15(14)16/h4-7,11-12,18H,8-10H2,1-3H3,(H,20,21). The van der Waals surface area contributed by atoms with Crippen LogP contribution in [-0.4, -0.2) is 16.6 Å². The molecule has 4 nitrogen and oxygen atoms in total. The Hall–Kier alpha value is -2.10. The number of carbonyl (C=O) groups is 1. The third kappa shape index (κ3) is 4.45. The Kier molecular flexibility index (Phi) is 5.14. The van der Waals surface area contributed by atoms with E-state index >= 15 is 0 Å². The van der Waals surface area contributed by atoms with Crippen LogP contribution in [-0.2, 0) is 11.2 Å². The molecule has 2 rings (SSSR count). The van der Waals surface area contributed by atoms with Crippen molar-refractivity contribution in [3.8, 4) is 0 Å². The number of aromatic nitrogens is 1. The first kappa shape index (κ1) is 15.3. The van der Waals surface area contributed by atoms with E-state index in [0.29, 0.717) is 18.8 Å². The number of para-hydroxylation sites is 1. The van der Waals surface area contributed by atoms with Crippen LogP contribution in [0.15, 0.2) is 35.6 Å². The molecule has 1 aromatic carbocycles. The Morgan fingerprint density at radius 3 is 2.86 bits per heavy atom. The number of rotatable bonds is 6. The van der Waals surface area contributed by atoms with Gasteiger partial charge in [0, 0.05) is 29.2 Å². The van der Waals surface area contributed by atoms with Crippen molar-refractivity contribution in [2.75, 3.05) is 0 Å². The van der Waals surface area contributed by atoms with Gasteiger partial charge in [-0.05, 0) is 37.3 Å². The van der Waals surface area contributed by atoms with Crippen LogP contribution in [0.4, 0.5) is 0 Å². The molecule has 1 aromatic heterocycles. The van der Waals surface area contributed by atoms with Crippen LogP contribution in [0.5, 0.6) is 0 Å². The van der Waals surface area contributed by atoms with Gasteiger partial charge in [0.1, 0.15) is 0 Å². The van der Waals surface area contributed by atoms with Crippen LogP contribution in [0.2, 0.25) is 0 Å². The van der Waals surface area contributed by atoms with Gasteiger partial charge in [-0.1, -0.05) is 32.0 Å². The first-order valence-electron chi connectivity index (χ1n) is 7.43. The van der Waals surface area contributed by atoms with Crippen molar-refractivity contribution in [2.45, 2.75) is 40.0 Å². The van der Waals surface area contributed by atoms with E-state index in [0.717, 1.165) is 17.6 Å². The molecule has 1 heterocycles. The molecule has 0 saturated carbocycles. The monoisotopic (exact) mass is 285 g/mol. The molecule has 0 spiro atoms. The lowest BCUT2D eigenvalue weighted by atomic mass is 10.1. The maximum absolute atomic E-state index is 11.8. The number of benzene rings is 1. The molecule has 1 amide bonds. The van der Waals surface area contributed by atoms with E-state index in [1.807, 2.05) is 31.3 Å². The molecule has 0 aliphatic carbocycles. The summed E-state index contributed by atoms with van der Waals surface area (Å²) in [5.41, 5.74) is 5.88. The maximum atomic E-state index is 11.8. The van der Waals surface area contributed by atoms with Gasteiger partial charge in [-0.3, -0.25) is 4.79 Å². The SMILES string of the molecule is CC(CC(C)C)=NNC(=O)CCc1c[nH]c2ccccc12. The molecular formula is C17H23N3O. The van der Waals surface area contributed by atoms with E-state index in [9.17, 15) is 4.79 Å². The summed E-state index contributed by atoms with van der Waals surface area (Å²) in [6, 6.07) is 8.13. The van der Waals surface area contributed by atoms with Gasteiger partial charge in [-0.2, -0.15) is 5.10 Å². The smallest absolute Gasteiger partial charge is 0.240 e. The molecule has 0 saturated heterocycles. The summed E-state index contributed by atoms with van der Waals surface area (Å²) in [6.45, 7) is 6.22. The number of amides is 1. The largest absolute Gasteiger partial charge is 0.361 e. The number of H-pyrrole nitrogens is 1. The average Bonchev–Trinajstić information content (AvgIpc) is 2.85. The fourth-order valence-electron chi connectivity index (χ4n) is 2.44. The molecule has 0 unspecified atom stereocenters. The lowest BCUT2D eigenvalue weighted by molar-refractivity contribution is -0.121. The minimum absolute atomic E-state index is 0.0385. The minimum atomic E-state index is -0.0385. The first-order valence-corrected chi connectivity index (χ1v) is 7.43. The summed E-state index contributed by atoms with van der Waals surface area (Å²) in [5.74, 6) is 0.514. The van der Waals surface area contributed by atoms with Crippen molar-refractivity contribution in [3.05, 3.63) is 36.0 Å². The topological polar surface area (TPSA) is 57.2 Å². The van der Waals surface area contributed by atoms with E-state index in [1.54, 1.807) is 0 Å². The lowest BCUT2D eigenvalue weighted by Crippen LogP contribution is -2.19. The van der Waals surface area contributed by atoms with E-state index in [-0.39, 0.29) is 5.91 Å². The Bertz CT molecular complexity index is 640. The van der Waals surface area contributed by atoms with Crippen LogP contribution in [0.1, 0.15) is 39.2 Å². The van der Waals surface area contributed by atoms with Crippen LogP contribution in [0.3, 0.4) is 0 Å².